The Morgan fingerprint density at radius 1 is 0.829 bits per heavy atom. The van der Waals surface area contributed by atoms with E-state index in [1.54, 1.807) is 58.3 Å². The lowest BCUT2D eigenvalue weighted by atomic mass is 10.2. The van der Waals surface area contributed by atoms with Crippen molar-refractivity contribution < 1.29 is 28.0 Å². The van der Waals surface area contributed by atoms with Crippen molar-refractivity contribution in [2.45, 2.75) is 0 Å². The molecule has 178 valence electrons. The van der Waals surface area contributed by atoms with Crippen molar-refractivity contribution in [3.63, 3.8) is 0 Å². The van der Waals surface area contributed by atoms with Gasteiger partial charge < -0.3 is 28.7 Å². The summed E-state index contributed by atoms with van der Waals surface area (Å²) in [6.07, 6.45) is 1.45. The number of piperazine rings is 1. The molecule has 4 aromatic rings. The topological polar surface area (TPSA) is 105 Å². The first-order valence-corrected chi connectivity index (χ1v) is 11.2. The Morgan fingerprint density at radius 2 is 1.51 bits per heavy atom. The second-order valence-electron chi connectivity index (χ2n) is 8.01. The number of anilines is 1. The van der Waals surface area contributed by atoms with Crippen LogP contribution in [0.3, 0.4) is 0 Å². The van der Waals surface area contributed by atoms with Gasteiger partial charge in [0.15, 0.2) is 12.4 Å². The molecule has 0 spiro atoms. The molecule has 0 bridgehead atoms. The number of fused-ring (bicyclic) bond motifs is 1. The molecule has 1 N–H and O–H groups in total. The molecule has 1 aliphatic heterocycles. The highest BCUT2D eigenvalue weighted by Crippen LogP contribution is 2.32. The molecule has 2 aromatic carbocycles. The van der Waals surface area contributed by atoms with E-state index in [1.165, 1.54) is 6.26 Å². The minimum absolute atomic E-state index is 0.0464. The Balaban J connectivity index is 1.30. The summed E-state index contributed by atoms with van der Waals surface area (Å²) in [6, 6.07) is 19.4. The number of nitrogens with one attached hydrogen (secondary N) is 1. The minimum atomic E-state index is -0.414. The lowest BCUT2D eigenvalue weighted by Gasteiger charge is -2.34. The van der Waals surface area contributed by atoms with Gasteiger partial charge in [-0.2, -0.15) is 0 Å². The fourth-order valence-electron chi connectivity index (χ4n) is 3.97. The van der Waals surface area contributed by atoms with Gasteiger partial charge in [0.25, 0.3) is 17.7 Å². The number of nitrogens with zero attached hydrogens (tertiary/aromatic N) is 2. The van der Waals surface area contributed by atoms with Gasteiger partial charge >= 0.3 is 0 Å². The van der Waals surface area contributed by atoms with Crippen molar-refractivity contribution in [1.82, 2.24) is 9.80 Å². The predicted octanol–water partition coefficient (Wildman–Crippen LogP) is 3.64. The highest BCUT2D eigenvalue weighted by molar-refractivity contribution is 6.11. The average Bonchev–Trinajstić information content (AvgIpc) is 3.56. The van der Waals surface area contributed by atoms with Gasteiger partial charge in [0.2, 0.25) is 5.76 Å². The third kappa shape index (κ3) is 4.74. The molecule has 0 aliphatic carbocycles. The number of carbonyl (C=O) groups excluding carboxylic acids is 3. The summed E-state index contributed by atoms with van der Waals surface area (Å²) in [4.78, 5) is 41.8. The van der Waals surface area contributed by atoms with Crippen molar-refractivity contribution in [1.29, 1.82) is 0 Å². The standard InChI is InChI=1S/C26H23N3O6/c30-22(17-34-18-7-2-1-3-8-18)27-23-19-9-4-5-10-20(19)35-24(23)26(32)29-14-12-28(13-15-29)25(31)21-11-6-16-33-21/h1-11,16H,12-15,17H2,(H,27,30). The van der Waals surface area contributed by atoms with Crippen molar-refractivity contribution in [3.8, 4) is 5.75 Å². The smallest absolute Gasteiger partial charge is 0.291 e. The largest absolute Gasteiger partial charge is 0.484 e. The number of ether oxygens (including phenoxy) is 1. The zero-order chi connectivity index (χ0) is 24.2. The van der Waals surface area contributed by atoms with Crippen LogP contribution in [-0.4, -0.2) is 60.3 Å². The van der Waals surface area contributed by atoms with E-state index >= 15 is 0 Å². The molecule has 1 aliphatic rings. The Labute approximate surface area is 200 Å². The highest BCUT2D eigenvalue weighted by Gasteiger charge is 2.31. The van der Waals surface area contributed by atoms with E-state index in [2.05, 4.69) is 5.32 Å². The average molecular weight is 473 g/mol. The van der Waals surface area contributed by atoms with Gasteiger partial charge in [-0.1, -0.05) is 30.3 Å². The number of benzene rings is 2. The van der Waals surface area contributed by atoms with Gasteiger partial charge in [0, 0.05) is 31.6 Å². The first kappa shape index (κ1) is 22.3. The first-order valence-electron chi connectivity index (χ1n) is 11.2. The maximum Gasteiger partial charge on any atom is 0.291 e. The van der Waals surface area contributed by atoms with Crippen LogP contribution in [0.5, 0.6) is 5.75 Å². The second-order valence-corrected chi connectivity index (χ2v) is 8.01. The van der Waals surface area contributed by atoms with Crippen LogP contribution < -0.4 is 10.1 Å². The van der Waals surface area contributed by atoms with Crippen LogP contribution in [0.1, 0.15) is 21.1 Å². The normalized spacial score (nSPS) is 13.6. The number of amides is 3. The molecule has 3 amide bonds. The Morgan fingerprint density at radius 3 is 2.23 bits per heavy atom. The Bertz CT molecular complexity index is 1340. The molecular formula is C26H23N3O6. The molecule has 0 saturated carbocycles. The Hall–Kier alpha value is -4.53. The molecular weight excluding hydrogens is 450 g/mol. The van der Waals surface area contributed by atoms with E-state index in [1.807, 2.05) is 18.2 Å². The third-order valence-corrected chi connectivity index (χ3v) is 5.75. The molecule has 1 saturated heterocycles. The lowest BCUT2D eigenvalue weighted by molar-refractivity contribution is -0.118. The number of hydrogen-bond acceptors (Lipinski definition) is 6. The quantitative estimate of drug-likeness (QED) is 0.458. The molecule has 0 radical (unpaired) electrons. The molecule has 0 atom stereocenters. The van der Waals surface area contributed by atoms with Gasteiger partial charge in [-0.05, 0) is 36.4 Å². The zero-order valence-corrected chi connectivity index (χ0v) is 18.8. The maximum atomic E-state index is 13.4. The predicted molar refractivity (Wildman–Crippen MR) is 127 cm³/mol. The molecule has 9 heteroatoms. The van der Waals surface area contributed by atoms with Crippen LogP contribution in [0.4, 0.5) is 5.69 Å². The highest BCUT2D eigenvalue weighted by atomic mass is 16.5. The second kappa shape index (κ2) is 9.76. The molecule has 5 rings (SSSR count). The minimum Gasteiger partial charge on any atom is -0.484 e. The van der Waals surface area contributed by atoms with Crippen LogP contribution in [0.2, 0.25) is 0 Å². The van der Waals surface area contributed by atoms with Crippen LogP contribution in [0.15, 0.2) is 81.8 Å². The van der Waals surface area contributed by atoms with Crippen molar-refractivity contribution >= 4 is 34.4 Å². The van der Waals surface area contributed by atoms with Gasteiger partial charge in [-0.15, -0.1) is 0 Å². The summed E-state index contributed by atoms with van der Waals surface area (Å²) in [5.41, 5.74) is 0.795. The van der Waals surface area contributed by atoms with Gasteiger partial charge in [-0.25, -0.2) is 0 Å². The summed E-state index contributed by atoms with van der Waals surface area (Å²) in [5, 5.41) is 3.41. The number of hydrogen-bond donors (Lipinski definition) is 1. The van der Waals surface area contributed by atoms with Crippen LogP contribution in [0, 0.1) is 0 Å². The maximum absolute atomic E-state index is 13.4. The Kier molecular flexibility index (Phi) is 6.21. The van der Waals surface area contributed by atoms with Gasteiger partial charge in [0.05, 0.1) is 6.26 Å². The van der Waals surface area contributed by atoms with E-state index in [0.717, 1.165) is 0 Å². The molecule has 1 fully saturated rings. The number of para-hydroxylation sites is 2. The molecule has 35 heavy (non-hydrogen) atoms. The van der Waals surface area contributed by atoms with E-state index < -0.39 is 5.91 Å². The van der Waals surface area contributed by atoms with E-state index in [4.69, 9.17) is 13.6 Å². The van der Waals surface area contributed by atoms with Crippen molar-refractivity contribution in [2.75, 3.05) is 38.1 Å². The number of furan rings is 2. The summed E-state index contributed by atoms with van der Waals surface area (Å²) in [6.45, 7) is 1.15. The summed E-state index contributed by atoms with van der Waals surface area (Å²) in [5.74, 6) is -0.0982. The van der Waals surface area contributed by atoms with Crippen LogP contribution in [0.25, 0.3) is 11.0 Å². The monoisotopic (exact) mass is 473 g/mol. The first-order chi connectivity index (χ1) is 17.1. The van der Waals surface area contributed by atoms with E-state index in [-0.39, 0.29) is 29.9 Å². The fourth-order valence-corrected chi connectivity index (χ4v) is 3.97. The lowest BCUT2D eigenvalue weighted by Crippen LogP contribution is -2.50. The van der Waals surface area contributed by atoms with Crippen molar-refractivity contribution in [2.24, 2.45) is 0 Å². The molecule has 9 nitrogen and oxygen atoms in total. The van der Waals surface area contributed by atoms with Crippen LogP contribution >= 0.6 is 0 Å². The summed E-state index contributed by atoms with van der Waals surface area (Å²) >= 11 is 0. The van der Waals surface area contributed by atoms with Gasteiger partial charge in [0.1, 0.15) is 17.0 Å². The van der Waals surface area contributed by atoms with Crippen molar-refractivity contribution in [3.05, 3.63) is 84.5 Å². The summed E-state index contributed by atoms with van der Waals surface area (Å²) in [7, 11) is 0. The molecule has 3 heterocycles. The number of rotatable bonds is 6. The van der Waals surface area contributed by atoms with Gasteiger partial charge in [-0.3, -0.25) is 14.4 Å². The third-order valence-electron chi connectivity index (χ3n) is 5.75. The fraction of sp³-hybridized carbons (Fsp3) is 0.192. The summed E-state index contributed by atoms with van der Waals surface area (Å²) < 4.78 is 16.6. The zero-order valence-electron chi connectivity index (χ0n) is 18.8. The van der Waals surface area contributed by atoms with E-state index in [9.17, 15) is 14.4 Å². The van der Waals surface area contributed by atoms with Crippen LogP contribution in [-0.2, 0) is 4.79 Å². The SMILES string of the molecule is O=C(COc1ccccc1)Nc1c(C(=O)N2CCN(C(=O)c3ccco3)CC2)oc2ccccc12. The van der Waals surface area contributed by atoms with E-state index in [0.29, 0.717) is 48.6 Å². The molecule has 0 unspecified atom stereocenters. The number of carbonyl (C=O) groups is 3. The molecule has 2 aromatic heterocycles.